The summed E-state index contributed by atoms with van der Waals surface area (Å²) < 4.78 is 0. The van der Waals surface area contributed by atoms with Crippen molar-refractivity contribution in [2.45, 2.75) is 6.92 Å². The van der Waals surface area contributed by atoms with Crippen LogP contribution in [0.5, 0.6) is 0 Å². The Morgan fingerprint density at radius 1 is 1.35 bits per heavy atom. The molecule has 0 aliphatic carbocycles. The molecule has 0 fully saturated rings. The van der Waals surface area contributed by atoms with Crippen LogP contribution in [0.2, 0.25) is 0 Å². The van der Waals surface area contributed by atoms with Crippen LogP contribution in [0.4, 0.5) is 5.13 Å². The van der Waals surface area contributed by atoms with Crippen LogP contribution in [-0.2, 0) is 4.79 Å². The quantitative estimate of drug-likeness (QED) is 0.676. The zero-order valence-electron chi connectivity index (χ0n) is 10.8. The molecule has 0 spiro atoms. The molecular weight excluding hydrogens is 290 g/mol. The summed E-state index contributed by atoms with van der Waals surface area (Å²) in [6, 6.07) is 7.88. The van der Waals surface area contributed by atoms with Crippen molar-refractivity contribution in [2.75, 3.05) is 5.32 Å². The van der Waals surface area contributed by atoms with Gasteiger partial charge in [0.25, 0.3) is 0 Å². The molecule has 0 bridgehead atoms. The maximum atomic E-state index is 11.7. The van der Waals surface area contributed by atoms with Gasteiger partial charge in [0.2, 0.25) is 5.91 Å². The Bertz CT molecular complexity index is 618. The van der Waals surface area contributed by atoms with Crippen molar-refractivity contribution >= 4 is 45.8 Å². The molecule has 2 N–H and O–H groups in total. The van der Waals surface area contributed by atoms with Crippen LogP contribution in [-0.4, -0.2) is 16.0 Å². The molecular formula is C14H13N3OS2. The van der Waals surface area contributed by atoms with E-state index in [1.165, 1.54) is 23.0 Å². The molecule has 0 saturated heterocycles. The van der Waals surface area contributed by atoms with Crippen LogP contribution in [0.25, 0.3) is 6.08 Å². The number of benzene rings is 1. The summed E-state index contributed by atoms with van der Waals surface area (Å²) in [7, 11) is 0. The van der Waals surface area contributed by atoms with Crippen LogP contribution in [0.3, 0.4) is 0 Å². The zero-order chi connectivity index (χ0) is 14.4. The zero-order valence-corrected chi connectivity index (χ0v) is 12.4. The van der Waals surface area contributed by atoms with Crippen molar-refractivity contribution in [3.05, 3.63) is 53.0 Å². The van der Waals surface area contributed by atoms with E-state index in [9.17, 15) is 4.79 Å². The largest absolute Gasteiger partial charge is 0.308 e. The van der Waals surface area contributed by atoms with E-state index in [-0.39, 0.29) is 11.0 Å². The number of thiazole rings is 1. The number of aromatic nitrogens is 1. The van der Waals surface area contributed by atoms with Gasteiger partial charge in [-0.1, -0.05) is 29.8 Å². The standard InChI is InChI=1S/C14H13N3OS2/c1-10-2-4-11(5-3-10)6-7-12(18)16-13(19)17-14-15-8-9-20-14/h2-9H,1H3,(H2,15,16,17,18,19). The molecule has 4 nitrogen and oxygen atoms in total. The number of amides is 1. The van der Waals surface area contributed by atoms with Crippen LogP contribution < -0.4 is 10.6 Å². The molecule has 0 radical (unpaired) electrons. The minimum Gasteiger partial charge on any atom is -0.308 e. The molecule has 1 aromatic carbocycles. The Labute approximate surface area is 126 Å². The first kappa shape index (κ1) is 14.4. The lowest BCUT2D eigenvalue weighted by Crippen LogP contribution is -2.32. The predicted octanol–water partition coefficient (Wildman–Crippen LogP) is 2.98. The highest BCUT2D eigenvalue weighted by molar-refractivity contribution is 7.80. The lowest BCUT2D eigenvalue weighted by molar-refractivity contribution is -0.115. The molecule has 0 aliphatic heterocycles. The smallest absolute Gasteiger partial charge is 0.250 e. The number of anilines is 1. The number of aryl methyl sites for hydroxylation is 1. The van der Waals surface area contributed by atoms with Crippen LogP contribution >= 0.6 is 23.6 Å². The summed E-state index contributed by atoms with van der Waals surface area (Å²) in [5, 5.41) is 8.10. The van der Waals surface area contributed by atoms with Crippen LogP contribution in [0.1, 0.15) is 11.1 Å². The van der Waals surface area contributed by atoms with Gasteiger partial charge in [-0.3, -0.25) is 10.1 Å². The fraction of sp³-hybridized carbons (Fsp3) is 0.0714. The molecule has 0 saturated carbocycles. The summed E-state index contributed by atoms with van der Waals surface area (Å²) in [6.07, 6.45) is 4.84. The fourth-order valence-electron chi connectivity index (χ4n) is 1.42. The highest BCUT2D eigenvalue weighted by atomic mass is 32.1. The van der Waals surface area contributed by atoms with Gasteiger partial charge in [-0.2, -0.15) is 0 Å². The van der Waals surface area contributed by atoms with Gasteiger partial charge in [0.05, 0.1) is 0 Å². The molecule has 2 aromatic rings. The monoisotopic (exact) mass is 303 g/mol. The summed E-state index contributed by atoms with van der Waals surface area (Å²) in [4.78, 5) is 15.7. The molecule has 2 rings (SSSR count). The Hall–Kier alpha value is -2.05. The average Bonchev–Trinajstić information content (AvgIpc) is 2.90. The van der Waals surface area contributed by atoms with E-state index in [2.05, 4.69) is 15.6 Å². The van der Waals surface area contributed by atoms with Gasteiger partial charge in [-0.05, 0) is 30.8 Å². The molecule has 0 aliphatic rings. The number of carbonyl (C=O) groups is 1. The van der Waals surface area contributed by atoms with Crippen LogP contribution in [0.15, 0.2) is 41.9 Å². The van der Waals surface area contributed by atoms with Gasteiger partial charge < -0.3 is 5.32 Å². The second-order valence-corrected chi connectivity index (χ2v) is 5.33. The third-order valence-electron chi connectivity index (χ3n) is 2.39. The molecule has 1 heterocycles. The number of hydrogen-bond donors (Lipinski definition) is 2. The maximum Gasteiger partial charge on any atom is 0.250 e. The van der Waals surface area contributed by atoms with Crippen molar-refractivity contribution in [3.8, 4) is 0 Å². The predicted molar refractivity (Wildman–Crippen MR) is 86.7 cm³/mol. The first-order chi connectivity index (χ1) is 9.63. The Balaban J connectivity index is 1.85. The van der Waals surface area contributed by atoms with Gasteiger partial charge in [0.1, 0.15) is 0 Å². The van der Waals surface area contributed by atoms with Crippen molar-refractivity contribution in [1.82, 2.24) is 10.3 Å². The second kappa shape index (κ2) is 6.93. The summed E-state index contributed by atoms with van der Waals surface area (Å²) in [6.45, 7) is 2.02. The fourth-order valence-corrected chi connectivity index (χ4v) is 2.21. The first-order valence-electron chi connectivity index (χ1n) is 5.90. The van der Waals surface area contributed by atoms with E-state index < -0.39 is 0 Å². The topological polar surface area (TPSA) is 54.0 Å². The third kappa shape index (κ3) is 4.56. The van der Waals surface area contributed by atoms with Gasteiger partial charge in [0, 0.05) is 17.7 Å². The summed E-state index contributed by atoms with van der Waals surface area (Å²) in [5.41, 5.74) is 2.14. The van der Waals surface area contributed by atoms with E-state index >= 15 is 0 Å². The number of thiocarbonyl (C=S) groups is 1. The van der Waals surface area contributed by atoms with Gasteiger partial charge in [-0.15, -0.1) is 11.3 Å². The number of nitrogens with zero attached hydrogens (tertiary/aromatic N) is 1. The molecule has 0 unspecified atom stereocenters. The Kier molecular flexibility index (Phi) is 4.97. The van der Waals surface area contributed by atoms with E-state index in [1.807, 2.05) is 36.6 Å². The van der Waals surface area contributed by atoms with E-state index in [4.69, 9.17) is 12.2 Å². The Morgan fingerprint density at radius 2 is 2.10 bits per heavy atom. The number of rotatable bonds is 3. The molecule has 20 heavy (non-hydrogen) atoms. The number of hydrogen-bond acceptors (Lipinski definition) is 4. The van der Waals surface area contributed by atoms with Crippen molar-refractivity contribution in [1.29, 1.82) is 0 Å². The van der Waals surface area contributed by atoms with Crippen molar-refractivity contribution < 1.29 is 4.79 Å². The van der Waals surface area contributed by atoms with Crippen molar-refractivity contribution in [2.24, 2.45) is 0 Å². The van der Waals surface area contributed by atoms with Crippen molar-refractivity contribution in [3.63, 3.8) is 0 Å². The second-order valence-electron chi connectivity index (χ2n) is 4.02. The highest BCUT2D eigenvalue weighted by Gasteiger charge is 2.02. The molecule has 6 heteroatoms. The summed E-state index contributed by atoms with van der Waals surface area (Å²) >= 11 is 6.43. The van der Waals surface area contributed by atoms with Gasteiger partial charge >= 0.3 is 0 Å². The lowest BCUT2D eigenvalue weighted by Gasteiger charge is -2.04. The minimum atomic E-state index is -0.278. The maximum absolute atomic E-state index is 11.7. The lowest BCUT2D eigenvalue weighted by atomic mass is 10.1. The molecule has 0 atom stereocenters. The molecule has 102 valence electrons. The van der Waals surface area contributed by atoms with E-state index in [1.54, 1.807) is 12.3 Å². The number of nitrogens with one attached hydrogen (secondary N) is 2. The van der Waals surface area contributed by atoms with Gasteiger partial charge in [0.15, 0.2) is 10.2 Å². The number of carbonyl (C=O) groups excluding carboxylic acids is 1. The summed E-state index contributed by atoms with van der Waals surface area (Å²) in [5.74, 6) is -0.278. The Morgan fingerprint density at radius 3 is 2.75 bits per heavy atom. The first-order valence-corrected chi connectivity index (χ1v) is 7.18. The van der Waals surface area contributed by atoms with Crippen LogP contribution in [0, 0.1) is 6.92 Å². The SMILES string of the molecule is Cc1ccc(C=CC(=O)NC(=S)Nc2nccs2)cc1. The van der Waals surface area contributed by atoms with E-state index in [0.717, 1.165) is 5.56 Å². The third-order valence-corrected chi connectivity index (χ3v) is 3.29. The van der Waals surface area contributed by atoms with E-state index in [0.29, 0.717) is 5.13 Å². The highest BCUT2D eigenvalue weighted by Crippen LogP contribution is 2.09. The molecule has 1 amide bonds. The normalized spacial score (nSPS) is 10.4. The van der Waals surface area contributed by atoms with Gasteiger partial charge in [-0.25, -0.2) is 4.98 Å². The average molecular weight is 303 g/mol. The minimum absolute atomic E-state index is 0.235. The molecule has 1 aromatic heterocycles.